The van der Waals surface area contributed by atoms with Crippen molar-refractivity contribution < 1.29 is 4.79 Å². The largest absolute Gasteiger partial charge is 0.353 e. The summed E-state index contributed by atoms with van der Waals surface area (Å²) in [4.78, 5) is 12.6. The Labute approximate surface area is 126 Å². The van der Waals surface area contributed by atoms with Crippen LogP contribution in [0.2, 0.25) is 0 Å². The van der Waals surface area contributed by atoms with Crippen molar-refractivity contribution in [3.63, 3.8) is 0 Å². The molecule has 21 heavy (non-hydrogen) atoms. The van der Waals surface area contributed by atoms with Crippen molar-refractivity contribution >= 4 is 5.91 Å². The van der Waals surface area contributed by atoms with Crippen LogP contribution < -0.4 is 11.1 Å². The van der Waals surface area contributed by atoms with E-state index in [0.29, 0.717) is 29.8 Å². The van der Waals surface area contributed by atoms with E-state index in [9.17, 15) is 4.79 Å². The van der Waals surface area contributed by atoms with Crippen molar-refractivity contribution in [2.75, 3.05) is 0 Å². The summed E-state index contributed by atoms with van der Waals surface area (Å²) in [5.74, 6) is 1.60. The number of carbonyl (C=O) groups is 1. The second kappa shape index (κ2) is 5.13. The van der Waals surface area contributed by atoms with E-state index in [0.717, 1.165) is 32.1 Å². The monoisotopic (exact) mass is 284 g/mol. The van der Waals surface area contributed by atoms with E-state index in [1.54, 1.807) is 0 Å². The van der Waals surface area contributed by atoms with Crippen LogP contribution in [0, 0.1) is 11.8 Å². The predicted molar refractivity (Wildman–Crippen MR) is 82.9 cm³/mol. The summed E-state index contributed by atoms with van der Waals surface area (Å²) in [6.07, 6.45) is 6.50. The second-order valence-corrected chi connectivity index (χ2v) is 7.07. The smallest absolute Gasteiger partial charge is 0.224 e. The van der Waals surface area contributed by atoms with Gasteiger partial charge in [0.2, 0.25) is 5.91 Å². The first-order chi connectivity index (χ1) is 10.2. The van der Waals surface area contributed by atoms with E-state index >= 15 is 0 Å². The lowest BCUT2D eigenvalue weighted by Gasteiger charge is -2.26. The minimum atomic E-state index is 0.226. The average molecular weight is 284 g/mol. The number of aryl methyl sites for hydroxylation is 1. The van der Waals surface area contributed by atoms with E-state index in [-0.39, 0.29) is 5.92 Å². The summed E-state index contributed by atoms with van der Waals surface area (Å²) in [5, 5.41) is 3.29. The van der Waals surface area contributed by atoms with Gasteiger partial charge in [-0.2, -0.15) is 0 Å². The van der Waals surface area contributed by atoms with Gasteiger partial charge in [0.05, 0.1) is 0 Å². The van der Waals surface area contributed by atoms with Crippen LogP contribution in [0.3, 0.4) is 0 Å². The van der Waals surface area contributed by atoms with Crippen molar-refractivity contribution in [2.24, 2.45) is 17.6 Å². The van der Waals surface area contributed by atoms with Gasteiger partial charge in [-0.3, -0.25) is 4.79 Å². The average Bonchev–Trinajstić information content (AvgIpc) is 3.25. The molecule has 0 bridgehead atoms. The molecule has 3 nitrogen and oxygen atoms in total. The molecular weight excluding hydrogens is 260 g/mol. The normalized spacial score (nSPS) is 37.3. The molecule has 1 amide bonds. The molecule has 3 unspecified atom stereocenters. The fourth-order valence-corrected chi connectivity index (χ4v) is 4.48. The van der Waals surface area contributed by atoms with Gasteiger partial charge in [-0.1, -0.05) is 24.3 Å². The van der Waals surface area contributed by atoms with Gasteiger partial charge in [-0.05, 0) is 61.5 Å². The molecule has 0 aliphatic heterocycles. The molecule has 112 valence electrons. The molecule has 0 aromatic heterocycles. The molecule has 3 heteroatoms. The molecule has 3 aliphatic rings. The van der Waals surface area contributed by atoms with Crippen LogP contribution in [-0.4, -0.2) is 18.0 Å². The number of carbonyl (C=O) groups excluding carboxylic acids is 1. The van der Waals surface area contributed by atoms with Crippen LogP contribution in [0.25, 0.3) is 0 Å². The zero-order chi connectivity index (χ0) is 14.4. The van der Waals surface area contributed by atoms with Crippen molar-refractivity contribution in [3.05, 3.63) is 35.4 Å². The minimum Gasteiger partial charge on any atom is -0.353 e. The highest BCUT2D eigenvalue weighted by atomic mass is 16.2. The minimum absolute atomic E-state index is 0.226. The molecule has 4 rings (SSSR count). The number of amides is 1. The first-order valence-electron chi connectivity index (χ1n) is 8.38. The second-order valence-electron chi connectivity index (χ2n) is 7.07. The molecule has 3 atom stereocenters. The maximum absolute atomic E-state index is 12.6. The summed E-state index contributed by atoms with van der Waals surface area (Å²) in [5.41, 5.74) is 8.82. The lowest BCUT2D eigenvalue weighted by molar-refractivity contribution is -0.123. The highest BCUT2D eigenvalue weighted by Gasteiger charge is 2.57. The van der Waals surface area contributed by atoms with Gasteiger partial charge in [0.15, 0.2) is 0 Å². The lowest BCUT2D eigenvalue weighted by atomic mass is 9.91. The highest BCUT2D eigenvalue weighted by Crippen LogP contribution is 2.59. The zero-order valence-electron chi connectivity index (χ0n) is 12.4. The standard InChI is InChI=1S/C18H24N2O/c19-12-6-8-13(9-7-12)20-18(21)17-15-10-5-11-3-1-2-4-14(11)16(15)17/h1-4,12-13,15-17H,5-10,19H2,(H,20,21). The Bertz CT molecular complexity index is 548. The maximum Gasteiger partial charge on any atom is 0.224 e. The lowest BCUT2D eigenvalue weighted by Crippen LogP contribution is -2.41. The van der Waals surface area contributed by atoms with Gasteiger partial charge in [-0.25, -0.2) is 0 Å². The molecule has 1 aromatic carbocycles. The van der Waals surface area contributed by atoms with Gasteiger partial charge in [-0.15, -0.1) is 0 Å². The van der Waals surface area contributed by atoms with Crippen LogP contribution in [0.5, 0.6) is 0 Å². The number of nitrogens with two attached hydrogens (primary N) is 1. The first kappa shape index (κ1) is 13.3. The third-order valence-corrected chi connectivity index (χ3v) is 5.75. The molecular formula is C18H24N2O. The number of fused-ring (bicyclic) bond motifs is 3. The molecule has 1 aromatic rings. The first-order valence-corrected chi connectivity index (χ1v) is 8.38. The van der Waals surface area contributed by atoms with Gasteiger partial charge in [0.1, 0.15) is 0 Å². The van der Waals surface area contributed by atoms with E-state index in [2.05, 4.69) is 29.6 Å². The summed E-state index contributed by atoms with van der Waals surface area (Å²) >= 11 is 0. The summed E-state index contributed by atoms with van der Waals surface area (Å²) in [6, 6.07) is 9.36. The fourth-order valence-electron chi connectivity index (χ4n) is 4.48. The van der Waals surface area contributed by atoms with Crippen LogP contribution in [0.1, 0.15) is 49.1 Å². The zero-order valence-corrected chi connectivity index (χ0v) is 12.4. The number of hydrogen-bond donors (Lipinski definition) is 2. The molecule has 0 heterocycles. The molecule has 0 saturated heterocycles. The summed E-state index contributed by atoms with van der Waals surface area (Å²) in [6.45, 7) is 0. The van der Waals surface area contributed by atoms with Crippen LogP contribution in [-0.2, 0) is 11.2 Å². The summed E-state index contributed by atoms with van der Waals surface area (Å²) < 4.78 is 0. The highest BCUT2D eigenvalue weighted by molar-refractivity contribution is 5.84. The molecule has 2 saturated carbocycles. The molecule has 2 fully saturated rings. The Morgan fingerprint density at radius 3 is 2.67 bits per heavy atom. The Balaban J connectivity index is 1.41. The fraction of sp³-hybridized carbons (Fsp3) is 0.611. The van der Waals surface area contributed by atoms with Gasteiger partial charge in [0, 0.05) is 18.0 Å². The number of benzene rings is 1. The number of rotatable bonds is 2. The van der Waals surface area contributed by atoms with Crippen LogP contribution in [0.15, 0.2) is 24.3 Å². The van der Waals surface area contributed by atoms with Gasteiger partial charge >= 0.3 is 0 Å². The topological polar surface area (TPSA) is 55.1 Å². The van der Waals surface area contributed by atoms with E-state index in [1.807, 2.05) is 0 Å². The van der Waals surface area contributed by atoms with Gasteiger partial charge < -0.3 is 11.1 Å². The van der Waals surface area contributed by atoms with Crippen LogP contribution >= 0.6 is 0 Å². The molecule has 3 aliphatic carbocycles. The Morgan fingerprint density at radius 2 is 1.86 bits per heavy atom. The Kier molecular flexibility index (Phi) is 3.26. The Morgan fingerprint density at radius 1 is 1.10 bits per heavy atom. The molecule has 3 N–H and O–H groups in total. The van der Waals surface area contributed by atoms with Gasteiger partial charge in [0.25, 0.3) is 0 Å². The van der Waals surface area contributed by atoms with Crippen molar-refractivity contribution in [1.29, 1.82) is 0 Å². The predicted octanol–water partition coefficient (Wildman–Crippen LogP) is 2.35. The van der Waals surface area contributed by atoms with Crippen molar-refractivity contribution in [2.45, 2.75) is 56.5 Å². The van der Waals surface area contributed by atoms with Crippen molar-refractivity contribution in [3.8, 4) is 0 Å². The van der Waals surface area contributed by atoms with Crippen LogP contribution in [0.4, 0.5) is 0 Å². The third-order valence-electron chi connectivity index (χ3n) is 5.75. The van der Waals surface area contributed by atoms with Crippen molar-refractivity contribution in [1.82, 2.24) is 5.32 Å². The molecule has 0 spiro atoms. The number of nitrogens with one attached hydrogen (secondary N) is 1. The number of hydrogen-bond acceptors (Lipinski definition) is 2. The third kappa shape index (κ3) is 2.38. The SMILES string of the molecule is NC1CCC(NC(=O)C2C3CCc4ccccc4C32)CC1. The maximum atomic E-state index is 12.6. The Hall–Kier alpha value is -1.35. The summed E-state index contributed by atoms with van der Waals surface area (Å²) in [7, 11) is 0. The molecule has 0 radical (unpaired) electrons. The van der Waals surface area contributed by atoms with E-state index in [4.69, 9.17) is 5.73 Å². The quantitative estimate of drug-likeness (QED) is 0.876. The van der Waals surface area contributed by atoms with E-state index in [1.165, 1.54) is 17.5 Å². The van der Waals surface area contributed by atoms with E-state index < -0.39 is 0 Å².